The standard InChI is InChI=1S/C13H25N5O3S/c1-10(2)12(14)5-6-17(3)13(19)8-16-22(20,21)11-7-15-18(4)9-11/h7,9-10,12,16H,5-6,8,14H2,1-4H3. The molecule has 3 N–H and O–H groups in total. The van der Waals surface area contributed by atoms with Gasteiger partial charge in [0.25, 0.3) is 0 Å². The number of carbonyl (C=O) groups excluding carboxylic acids is 1. The van der Waals surface area contributed by atoms with Gasteiger partial charge in [-0.15, -0.1) is 0 Å². The Kier molecular flexibility index (Phi) is 6.51. The molecule has 0 bridgehead atoms. The molecule has 1 aromatic rings. The lowest BCUT2D eigenvalue weighted by Gasteiger charge is -2.21. The average molecular weight is 331 g/mol. The number of nitrogens with two attached hydrogens (primary N) is 1. The van der Waals surface area contributed by atoms with Crippen LogP contribution in [0.3, 0.4) is 0 Å². The monoisotopic (exact) mass is 331 g/mol. The Hall–Kier alpha value is -1.45. The van der Waals surface area contributed by atoms with Gasteiger partial charge in [-0.3, -0.25) is 9.48 Å². The molecule has 22 heavy (non-hydrogen) atoms. The largest absolute Gasteiger partial charge is 0.345 e. The van der Waals surface area contributed by atoms with Crippen LogP contribution in [0.1, 0.15) is 20.3 Å². The van der Waals surface area contributed by atoms with E-state index in [0.29, 0.717) is 18.9 Å². The van der Waals surface area contributed by atoms with Crippen molar-refractivity contribution in [2.24, 2.45) is 18.7 Å². The quantitative estimate of drug-likeness (QED) is 0.669. The zero-order valence-corrected chi connectivity index (χ0v) is 14.3. The SMILES string of the molecule is CC(C)C(N)CCN(C)C(=O)CNS(=O)(=O)c1cnn(C)c1. The van der Waals surface area contributed by atoms with Crippen molar-refractivity contribution >= 4 is 15.9 Å². The molecular weight excluding hydrogens is 306 g/mol. The highest BCUT2D eigenvalue weighted by atomic mass is 32.2. The molecule has 0 aromatic carbocycles. The van der Waals surface area contributed by atoms with Crippen molar-refractivity contribution in [3.63, 3.8) is 0 Å². The lowest BCUT2D eigenvalue weighted by atomic mass is 10.0. The van der Waals surface area contributed by atoms with Crippen molar-refractivity contribution in [2.75, 3.05) is 20.1 Å². The van der Waals surface area contributed by atoms with Crippen LogP contribution in [-0.4, -0.2) is 55.2 Å². The first kappa shape index (κ1) is 18.6. The van der Waals surface area contributed by atoms with Gasteiger partial charge in [-0.25, -0.2) is 13.1 Å². The van der Waals surface area contributed by atoms with Crippen LogP contribution in [0.4, 0.5) is 0 Å². The fourth-order valence-electron chi connectivity index (χ4n) is 1.71. The number of aromatic nitrogens is 2. The van der Waals surface area contributed by atoms with Gasteiger partial charge in [0.15, 0.2) is 0 Å². The Labute approximate surface area is 131 Å². The van der Waals surface area contributed by atoms with Crippen LogP contribution in [0, 0.1) is 5.92 Å². The molecular formula is C13H25N5O3S. The minimum atomic E-state index is -3.72. The van der Waals surface area contributed by atoms with Gasteiger partial charge in [0.05, 0.1) is 12.7 Å². The van der Waals surface area contributed by atoms with Crippen molar-refractivity contribution in [2.45, 2.75) is 31.2 Å². The van der Waals surface area contributed by atoms with Gasteiger partial charge in [0, 0.05) is 32.9 Å². The molecule has 1 amide bonds. The van der Waals surface area contributed by atoms with Gasteiger partial charge in [0.1, 0.15) is 4.90 Å². The summed E-state index contributed by atoms with van der Waals surface area (Å²) < 4.78 is 27.6. The third-order valence-corrected chi connectivity index (χ3v) is 4.84. The molecule has 8 nitrogen and oxygen atoms in total. The van der Waals surface area contributed by atoms with Crippen molar-refractivity contribution < 1.29 is 13.2 Å². The van der Waals surface area contributed by atoms with Crippen LogP contribution in [0.15, 0.2) is 17.3 Å². The normalized spacial score (nSPS) is 13.4. The number of nitrogens with zero attached hydrogens (tertiary/aromatic N) is 3. The zero-order chi connectivity index (χ0) is 16.9. The summed E-state index contributed by atoms with van der Waals surface area (Å²) in [6.07, 6.45) is 3.28. The van der Waals surface area contributed by atoms with Crippen LogP contribution in [0.2, 0.25) is 0 Å². The first-order valence-corrected chi connectivity index (χ1v) is 8.59. The zero-order valence-electron chi connectivity index (χ0n) is 13.5. The molecule has 0 radical (unpaired) electrons. The number of nitrogens with one attached hydrogen (secondary N) is 1. The molecule has 0 aliphatic heterocycles. The van der Waals surface area contributed by atoms with E-state index < -0.39 is 10.0 Å². The van der Waals surface area contributed by atoms with E-state index in [1.807, 2.05) is 13.8 Å². The minimum absolute atomic E-state index is 0.0161. The van der Waals surface area contributed by atoms with Crippen molar-refractivity contribution in [3.8, 4) is 0 Å². The smallest absolute Gasteiger partial charge is 0.244 e. The summed E-state index contributed by atoms with van der Waals surface area (Å²) in [5, 5.41) is 3.80. The summed E-state index contributed by atoms with van der Waals surface area (Å²) in [7, 11) is -0.465. The van der Waals surface area contributed by atoms with Gasteiger partial charge >= 0.3 is 0 Å². The second-order valence-corrected chi connectivity index (χ2v) is 7.45. The lowest BCUT2D eigenvalue weighted by Crippen LogP contribution is -2.40. The van der Waals surface area contributed by atoms with Crippen LogP contribution in [0.25, 0.3) is 0 Å². The molecule has 0 aliphatic carbocycles. The Balaban J connectivity index is 2.48. The number of rotatable bonds is 8. The third-order valence-electron chi connectivity index (χ3n) is 3.48. The molecule has 1 unspecified atom stereocenters. The maximum Gasteiger partial charge on any atom is 0.244 e. The second kappa shape index (κ2) is 7.70. The maximum absolute atomic E-state index is 12.0. The first-order valence-electron chi connectivity index (χ1n) is 7.11. The van der Waals surface area contributed by atoms with E-state index >= 15 is 0 Å². The van der Waals surface area contributed by atoms with Crippen LogP contribution < -0.4 is 10.5 Å². The predicted octanol–water partition coefficient (Wildman–Crippen LogP) is -0.470. The number of carbonyl (C=O) groups is 1. The van der Waals surface area contributed by atoms with E-state index in [0.717, 1.165) is 0 Å². The highest BCUT2D eigenvalue weighted by molar-refractivity contribution is 7.89. The highest BCUT2D eigenvalue weighted by Gasteiger charge is 2.19. The topological polar surface area (TPSA) is 110 Å². The molecule has 0 spiro atoms. The second-order valence-electron chi connectivity index (χ2n) is 5.69. The number of sulfonamides is 1. The van der Waals surface area contributed by atoms with E-state index in [1.54, 1.807) is 14.1 Å². The van der Waals surface area contributed by atoms with Crippen molar-refractivity contribution in [1.82, 2.24) is 19.4 Å². The number of amides is 1. The average Bonchev–Trinajstić information content (AvgIpc) is 2.89. The Morgan fingerprint density at radius 3 is 2.64 bits per heavy atom. The maximum atomic E-state index is 12.0. The summed E-state index contributed by atoms with van der Waals surface area (Å²) in [5.74, 6) is 0.0380. The molecule has 1 atom stereocenters. The summed E-state index contributed by atoms with van der Waals surface area (Å²) in [6, 6.07) is 0.0161. The highest BCUT2D eigenvalue weighted by Crippen LogP contribution is 2.06. The molecule has 9 heteroatoms. The number of hydrogen-bond donors (Lipinski definition) is 2. The third kappa shape index (κ3) is 5.39. The van der Waals surface area contributed by atoms with Crippen LogP contribution in [0.5, 0.6) is 0 Å². The van der Waals surface area contributed by atoms with E-state index in [1.165, 1.54) is 22.0 Å². The molecule has 0 aliphatic rings. The Bertz CT molecular complexity index is 597. The molecule has 0 saturated heterocycles. The molecule has 126 valence electrons. The number of aryl methyl sites for hydroxylation is 1. The van der Waals surface area contributed by atoms with E-state index in [9.17, 15) is 13.2 Å². The fraction of sp³-hybridized carbons (Fsp3) is 0.692. The molecule has 1 heterocycles. The van der Waals surface area contributed by atoms with E-state index in [4.69, 9.17) is 5.73 Å². The lowest BCUT2D eigenvalue weighted by molar-refractivity contribution is -0.128. The van der Waals surface area contributed by atoms with Gasteiger partial charge < -0.3 is 10.6 Å². The van der Waals surface area contributed by atoms with Crippen molar-refractivity contribution in [3.05, 3.63) is 12.4 Å². The summed E-state index contributed by atoms with van der Waals surface area (Å²) in [4.78, 5) is 13.5. The number of hydrogen-bond acceptors (Lipinski definition) is 5. The Morgan fingerprint density at radius 1 is 1.50 bits per heavy atom. The van der Waals surface area contributed by atoms with Gasteiger partial charge in [-0.2, -0.15) is 5.10 Å². The van der Waals surface area contributed by atoms with Crippen molar-refractivity contribution in [1.29, 1.82) is 0 Å². The minimum Gasteiger partial charge on any atom is -0.345 e. The predicted molar refractivity (Wildman–Crippen MR) is 83.5 cm³/mol. The first-order chi connectivity index (χ1) is 10.1. The summed E-state index contributed by atoms with van der Waals surface area (Å²) in [5.41, 5.74) is 5.93. The molecule has 1 rings (SSSR count). The van der Waals surface area contributed by atoms with Crippen LogP contribution in [-0.2, 0) is 21.9 Å². The van der Waals surface area contributed by atoms with Crippen LogP contribution >= 0.6 is 0 Å². The molecule has 1 aromatic heterocycles. The number of likely N-dealkylation sites (N-methyl/N-ethyl adjacent to an activating group) is 1. The molecule has 0 fully saturated rings. The van der Waals surface area contributed by atoms with E-state index in [2.05, 4.69) is 9.82 Å². The van der Waals surface area contributed by atoms with Gasteiger partial charge in [-0.05, 0) is 12.3 Å². The van der Waals surface area contributed by atoms with Gasteiger partial charge in [0.2, 0.25) is 15.9 Å². The molecule has 0 saturated carbocycles. The summed E-state index contributed by atoms with van der Waals surface area (Å²) in [6.45, 7) is 4.25. The Morgan fingerprint density at radius 2 is 2.14 bits per heavy atom. The summed E-state index contributed by atoms with van der Waals surface area (Å²) >= 11 is 0. The van der Waals surface area contributed by atoms with Gasteiger partial charge in [-0.1, -0.05) is 13.8 Å². The van der Waals surface area contributed by atoms with E-state index in [-0.39, 0.29) is 23.4 Å². The fourth-order valence-corrected chi connectivity index (χ4v) is 2.67.